The van der Waals surface area contributed by atoms with Crippen molar-refractivity contribution in [2.45, 2.75) is 32.1 Å². The van der Waals surface area contributed by atoms with E-state index in [-0.39, 0.29) is 18.2 Å². The van der Waals surface area contributed by atoms with Crippen LogP contribution in [-0.2, 0) is 0 Å². The fourth-order valence-electron chi connectivity index (χ4n) is 3.27. The number of piperidine rings is 1. The Labute approximate surface area is 162 Å². The summed E-state index contributed by atoms with van der Waals surface area (Å²) >= 11 is 0. The summed E-state index contributed by atoms with van der Waals surface area (Å²) in [6, 6.07) is 16.8. The molecule has 0 saturated carbocycles. The van der Waals surface area contributed by atoms with Gasteiger partial charge in [0.05, 0.1) is 6.61 Å². The van der Waals surface area contributed by atoms with Crippen LogP contribution in [0.4, 0.5) is 0 Å². The average molecular weight is 374 g/mol. The zero-order valence-electron chi connectivity index (χ0n) is 15.2. The van der Waals surface area contributed by atoms with Gasteiger partial charge in [0.25, 0.3) is 0 Å². The van der Waals surface area contributed by atoms with Crippen molar-refractivity contribution in [3.05, 3.63) is 65.7 Å². The fourth-order valence-corrected chi connectivity index (χ4v) is 3.27. The highest BCUT2D eigenvalue weighted by atomic mass is 35.5. The van der Waals surface area contributed by atoms with E-state index in [0.717, 1.165) is 18.8 Å². The topological polar surface area (TPSA) is 29.5 Å². The molecule has 2 aromatic carbocycles. The molecule has 3 rings (SSSR count). The fraction of sp³-hybridized carbons (Fsp3) is 0.409. The number of ketones is 1. The van der Waals surface area contributed by atoms with Gasteiger partial charge in [0.2, 0.25) is 0 Å². The third kappa shape index (κ3) is 6.15. The van der Waals surface area contributed by atoms with Crippen LogP contribution in [0.5, 0.6) is 5.75 Å². The Morgan fingerprint density at radius 3 is 2.19 bits per heavy atom. The number of halogens is 1. The molecule has 4 heteroatoms. The second kappa shape index (κ2) is 11.0. The van der Waals surface area contributed by atoms with Gasteiger partial charge >= 0.3 is 0 Å². The van der Waals surface area contributed by atoms with E-state index >= 15 is 0 Å². The van der Waals surface area contributed by atoms with Crippen molar-refractivity contribution in [2.24, 2.45) is 0 Å². The normalized spacial score (nSPS) is 14.5. The number of rotatable bonds is 8. The molecule has 0 spiro atoms. The van der Waals surface area contributed by atoms with Crippen molar-refractivity contribution in [1.29, 1.82) is 0 Å². The molecule has 0 unspecified atom stereocenters. The van der Waals surface area contributed by atoms with Crippen molar-refractivity contribution >= 4 is 18.2 Å². The Morgan fingerprint density at radius 2 is 1.50 bits per heavy atom. The van der Waals surface area contributed by atoms with Gasteiger partial charge in [0.1, 0.15) is 5.75 Å². The maximum Gasteiger partial charge on any atom is 0.193 e. The lowest BCUT2D eigenvalue weighted by atomic mass is 10.0. The van der Waals surface area contributed by atoms with E-state index in [1.807, 2.05) is 54.6 Å². The summed E-state index contributed by atoms with van der Waals surface area (Å²) in [6.45, 7) is 4.45. The monoisotopic (exact) mass is 373 g/mol. The molecule has 1 heterocycles. The third-order valence-electron chi connectivity index (χ3n) is 4.74. The maximum absolute atomic E-state index is 12.4. The second-order valence-corrected chi connectivity index (χ2v) is 6.68. The van der Waals surface area contributed by atoms with Crippen LogP contribution < -0.4 is 4.74 Å². The minimum Gasteiger partial charge on any atom is -0.494 e. The zero-order valence-corrected chi connectivity index (χ0v) is 16.0. The number of carbonyl (C=O) groups is 1. The van der Waals surface area contributed by atoms with Gasteiger partial charge < -0.3 is 9.64 Å². The summed E-state index contributed by atoms with van der Waals surface area (Å²) < 4.78 is 5.81. The van der Waals surface area contributed by atoms with E-state index < -0.39 is 0 Å². The van der Waals surface area contributed by atoms with E-state index in [2.05, 4.69) is 4.90 Å². The molecular weight excluding hydrogens is 346 g/mol. The van der Waals surface area contributed by atoms with Crippen LogP contribution in [0.1, 0.15) is 48.0 Å². The van der Waals surface area contributed by atoms with Crippen LogP contribution in [0.25, 0.3) is 0 Å². The molecule has 0 bridgehead atoms. The van der Waals surface area contributed by atoms with E-state index in [1.54, 1.807) is 0 Å². The number of benzene rings is 2. The molecule has 0 amide bonds. The lowest BCUT2D eigenvalue weighted by Gasteiger charge is -2.26. The van der Waals surface area contributed by atoms with Crippen molar-refractivity contribution in [1.82, 2.24) is 4.90 Å². The summed E-state index contributed by atoms with van der Waals surface area (Å²) in [6.07, 6.45) is 6.35. The standard InChI is InChI=1S/C22H27NO2.ClH/c24-22(19-9-3-1-4-10-19)20-11-13-21(14-12-20)25-18-8-7-17-23-15-5-2-6-16-23;/h1,3-4,9-14H,2,5-8,15-18H2;1H. The van der Waals surface area contributed by atoms with Gasteiger partial charge in [-0.05, 0) is 69.6 Å². The number of likely N-dealkylation sites (tertiary alicyclic amines) is 1. The van der Waals surface area contributed by atoms with Gasteiger partial charge in [-0.3, -0.25) is 4.79 Å². The number of nitrogens with zero attached hydrogens (tertiary/aromatic N) is 1. The zero-order chi connectivity index (χ0) is 17.3. The number of unbranched alkanes of at least 4 members (excludes halogenated alkanes) is 1. The number of ether oxygens (including phenoxy) is 1. The number of hydrogen-bond acceptors (Lipinski definition) is 3. The van der Waals surface area contributed by atoms with Gasteiger partial charge in [0.15, 0.2) is 5.78 Å². The van der Waals surface area contributed by atoms with E-state index in [4.69, 9.17) is 4.74 Å². The van der Waals surface area contributed by atoms with Crippen LogP contribution in [-0.4, -0.2) is 36.9 Å². The van der Waals surface area contributed by atoms with Crippen LogP contribution in [0.3, 0.4) is 0 Å². The molecule has 1 aliphatic heterocycles. The van der Waals surface area contributed by atoms with Crippen LogP contribution in [0.2, 0.25) is 0 Å². The van der Waals surface area contributed by atoms with Gasteiger partial charge in [0, 0.05) is 11.1 Å². The Morgan fingerprint density at radius 1 is 0.846 bits per heavy atom. The number of carbonyl (C=O) groups excluding carboxylic acids is 1. The smallest absolute Gasteiger partial charge is 0.193 e. The molecular formula is C22H28ClNO2. The van der Waals surface area contributed by atoms with Crippen LogP contribution in [0, 0.1) is 0 Å². The molecule has 0 aromatic heterocycles. The predicted octanol–water partition coefficient (Wildman–Crippen LogP) is 4.98. The summed E-state index contributed by atoms with van der Waals surface area (Å²) in [7, 11) is 0. The first-order valence-electron chi connectivity index (χ1n) is 9.38. The van der Waals surface area contributed by atoms with Gasteiger partial charge in [-0.2, -0.15) is 0 Å². The summed E-state index contributed by atoms with van der Waals surface area (Å²) in [5.41, 5.74) is 1.41. The van der Waals surface area contributed by atoms with Crippen molar-refractivity contribution in [2.75, 3.05) is 26.2 Å². The number of hydrogen-bond donors (Lipinski definition) is 0. The van der Waals surface area contributed by atoms with Crippen LogP contribution >= 0.6 is 12.4 Å². The Hall–Kier alpha value is -1.84. The molecule has 1 aliphatic rings. The van der Waals surface area contributed by atoms with Gasteiger partial charge in [-0.15, -0.1) is 12.4 Å². The first-order chi connectivity index (χ1) is 12.3. The second-order valence-electron chi connectivity index (χ2n) is 6.68. The molecule has 3 nitrogen and oxygen atoms in total. The molecule has 0 atom stereocenters. The largest absolute Gasteiger partial charge is 0.494 e. The molecule has 0 N–H and O–H groups in total. The van der Waals surface area contributed by atoms with E-state index in [1.165, 1.54) is 45.3 Å². The van der Waals surface area contributed by atoms with Crippen molar-refractivity contribution < 1.29 is 9.53 Å². The highest BCUT2D eigenvalue weighted by molar-refractivity contribution is 6.08. The SMILES string of the molecule is Cl.O=C(c1ccccc1)c1ccc(OCCCCN2CCCCC2)cc1. The quantitative estimate of drug-likeness (QED) is 0.482. The Bertz CT molecular complexity index is 652. The minimum absolute atomic E-state index is 0. The predicted molar refractivity (Wildman–Crippen MR) is 109 cm³/mol. The molecule has 0 radical (unpaired) electrons. The van der Waals surface area contributed by atoms with Crippen LogP contribution in [0.15, 0.2) is 54.6 Å². The highest BCUT2D eigenvalue weighted by Gasteiger charge is 2.10. The molecule has 1 fully saturated rings. The van der Waals surface area contributed by atoms with Gasteiger partial charge in [-0.1, -0.05) is 36.8 Å². The Balaban J connectivity index is 0.00000243. The summed E-state index contributed by atoms with van der Waals surface area (Å²) in [4.78, 5) is 14.9. The molecule has 1 saturated heterocycles. The first-order valence-corrected chi connectivity index (χ1v) is 9.38. The Kier molecular flexibility index (Phi) is 8.66. The minimum atomic E-state index is 0. The molecule has 26 heavy (non-hydrogen) atoms. The maximum atomic E-state index is 12.4. The average Bonchev–Trinajstić information content (AvgIpc) is 2.69. The highest BCUT2D eigenvalue weighted by Crippen LogP contribution is 2.16. The van der Waals surface area contributed by atoms with Crippen molar-refractivity contribution in [3.8, 4) is 5.75 Å². The lowest BCUT2D eigenvalue weighted by Crippen LogP contribution is -2.30. The summed E-state index contributed by atoms with van der Waals surface area (Å²) in [5.74, 6) is 0.885. The van der Waals surface area contributed by atoms with E-state index in [9.17, 15) is 4.79 Å². The lowest BCUT2D eigenvalue weighted by molar-refractivity contribution is 0.103. The molecule has 2 aromatic rings. The molecule has 140 valence electrons. The van der Waals surface area contributed by atoms with Gasteiger partial charge in [-0.25, -0.2) is 0 Å². The third-order valence-corrected chi connectivity index (χ3v) is 4.74. The molecule has 0 aliphatic carbocycles. The summed E-state index contributed by atoms with van der Waals surface area (Å²) in [5, 5.41) is 0. The van der Waals surface area contributed by atoms with Crippen molar-refractivity contribution in [3.63, 3.8) is 0 Å². The van der Waals surface area contributed by atoms with E-state index in [0.29, 0.717) is 11.1 Å². The first kappa shape index (κ1) is 20.5.